The second-order valence-corrected chi connectivity index (χ2v) is 6.06. The second-order valence-electron chi connectivity index (χ2n) is 4.55. The molecule has 0 unspecified atom stereocenters. The Hall–Kier alpha value is -0.260. The third kappa shape index (κ3) is 6.63. The van der Waals surface area contributed by atoms with Crippen LogP contribution in [0.1, 0.15) is 5.56 Å². The summed E-state index contributed by atoms with van der Waals surface area (Å²) in [6.07, 6.45) is 0. The van der Waals surface area contributed by atoms with Crippen LogP contribution in [0, 0.1) is 0 Å². The number of hydrogen-bond donors (Lipinski definition) is 1. The second kappa shape index (κ2) is 9.61. The molecule has 1 rings (SSSR count). The quantitative estimate of drug-likeness (QED) is 0.560. The standard InChI is InChI=1S/C14H23ClN2OS/c1-17(2)8-10-19-14-12(5-4-6-13(14)15)11-16-7-9-18-3/h4-6,16H,7-11H2,1-3H3. The van der Waals surface area contributed by atoms with Gasteiger partial charge in [0.05, 0.1) is 11.6 Å². The van der Waals surface area contributed by atoms with Gasteiger partial charge in [0.2, 0.25) is 0 Å². The van der Waals surface area contributed by atoms with Gasteiger partial charge in [0.25, 0.3) is 0 Å². The molecule has 0 aliphatic carbocycles. The van der Waals surface area contributed by atoms with Gasteiger partial charge in [-0.2, -0.15) is 0 Å². The lowest BCUT2D eigenvalue weighted by Gasteiger charge is -2.13. The molecule has 0 heterocycles. The molecular formula is C14H23ClN2OS. The van der Waals surface area contributed by atoms with Gasteiger partial charge in [-0.05, 0) is 25.7 Å². The van der Waals surface area contributed by atoms with Crippen molar-refractivity contribution in [2.24, 2.45) is 0 Å². The zero-order valence-corrected chi connectivity index (χ0v) is 13.5. The molecule has 1 aromatic carbocycles. The van der Waals surface area contributed by atoms with Gasteiger partial charge in [-0.3, -0.25) is 0 Å². The van der Waals surface area contributed by atoms with Crippen molar-refractivity contribution >= 4 is 23.4 Å². The molecule has 0 saturated heterocycles. The number of hydrogen-bond acceptors (Lipinski definition) is 4. The van der Waals surface area contributed by atoms with Crippen molar-refractivity contribution in [3.05, 3.63) is 28.8 Å². The molecule has 0 saturated carbocycles. The van der Waals surface area contributed by atoms with E-state index in [1.54, 1.807) is 7.11 Å². The van der Waals surface area contributed by atoms with E-state index in [1.807, 2.05) is 23.9 Å². The first-order valence-corrected chi connectivity index (χ1v) is 7.76. The van der Waals surface area contributed by atoms with Crippen LogP contribution in [-0.4, -0.2) is 51.6 Å². The van der Waals surface area contributed by atoms with Gasteiger partial charge in [0.1, 0.15) is 0 Å². The fraction of sp³-hybridized carbons (Fsp3) is 0.571. The van der Waals surface area contributed by atoms with E-state index >= 15 is 0 Å². The van der Waals surface area contributed by atoms with Gasteiger partial charge in [0, 0.05) is 37.4 Å². The molecular weight excluding hydrogens is 280 g/mol. The molecule has 0 spiro atoms. The summed E-state index contributed by atoms with van der Waals surface area (Å²) in [4.78, 5) is 3.37. The minimum absolute atomic E-state index is 0.726. The average molecular weight is 303 g/mol. The van der Waals surface area contributed by atoms with Crippen molar-refractivity contribution in [1.29, 1.82) is 0 Å². The topological polar surface area (TPSA) is 24.5 Å². The average Bonchev–Trinajstić information content (AvgIpc) is 2.37. The number of ether oxygens (including phenoxy) is 1. The first-order chi connectivity index (χ1) is 9.15. The van der Waals surface area contributed by atoms with Gasteiger partial charge in [-0.15, -0.1) is 11.8 Å². The molecule has 0 radical (unpaired) electrons. The Balaban J connectivity index is 2.56. The smallest absolute Gasteiger partial charge is 0.0587 e. The summed E-state index contributed by atoms with van der Waals surface area (Å²) in [7, 11) is 5.88. The monoisotopic (exact) mass is 302 g/mol. The van der Waals surface area contributed by atoms with E-state index in [4.69, 9.17) is 16.3 Å². The van der Waals surface area contributed by atoms with E-state index in [2.05, 4.69) is 30.4 Å². The number of benzene rings is 1. The molecule has 0 bridgehead atoms. The van der Waals surface area contributed by atoms with E-state index < -0.39 is 0 Å². The van der Waals surface area contributed by atoms with Crippen molar-refractivity contribution in [3.8, 4) is 0 Å². The predicted octanol–water partition coefficient (Wildman–Crippen LogP) is 2.73. The number of nitrogens with zero attached hydrogens (tertiary/aromatic N) is 1. The predicted molar refractivity (Wildman–Crippen MR) is 84.3 cm³/mol. The van der Waals surface area contributed by atoms with Crippen LogP contribution in [0.2, 0.25) is 5.02 Å². The summed E-state index contributed by atoms with van der Waals surface area (Å²) in [5.74, 6) is 1.04. The van der Waals surface area contributed by atoms with Crippen LogP contribution in [0.5, 0.6) is 0 Å². The first-order valence-electron chi connectivity index (χ1n) is 6.39. The Morgan fingerprint density at radius 1 is 1.37 bits per heavy atom. The summed E-state index contributed by atoms with van der Waals surface area (Å²) in [5, 5.41) is 4.20. The third-order valence-corrected chi connectivity index (χ3v) is 4.22. The van der Waals surface area contributed by atoms with E-state index in [-0.39, 0.29) is 0 Å². The summed E-state index contributed by atoms with van der Waals surface area (Å²) >= 11 is 8.12. The van der Waals surface area contributed by atoms with E-state index in [0.29, 0.717) is 0 Å². The van der Waals surface area contributed by atoms with Crippen molar-refractivity contribution in [1.82, 2.24) is 10.2 Å². The summed E-state index contributed by atoms with van der Waals surface area (Å²) in [6, 6.07) is 6.09. The fourth-order valence-electron chi connectivity index (χ4n) is 1.58. The van der Waals surface area contributed by atoms with E-state index in [1.165, 1.54) is 10.5 Å². The van der Waals surface area contributed by atoms with E-state index in [0.717, 1.165) is 37.0 Å². The highest BCUT2D eigenvalue weighted by atomic mass is 35.5. The van der Waals surface area contributed by atoms with Gasteiger partial charge < -0.3 is 15.0 Å². The lowest BCUT2D eigenvalue weighted by Crippen LogP contribution is -2.19. The van der Waals surface area contributed by atoms with Crippen molar-refractivity contribution in [2.75, 3.05) is 46.7 Å². The Morgan fingerprint density at radius 3 is 2.84 bits per heavy atom. The Kier molecular flexibility index (Phi) is 8.50. The molecule has 0 aromatic heterocycles. The fourth-order valence-corrected chi connectivity index (χ4v) is 3.13. The summed E-state index contributed by atoms with van der Waals surface area (Å²) in [5.41, 5.74) is 1.26. The molecule has 3 nitrogen and oxygen atoms in total. The van der Waals surface area contributed by atoms with Crippen LogP contribution in [0.4, 0.5) is 0 Å². The highest BCUT2D eigenvalue weighted by Gasteiger charge is 2.07. The van der Waals surface area contributed by atoms with Gasteiger partial charge >= 0.3 is 0 Å². The zero-order chi connectivity index (χ0) is 14.1. The minimum Gasteiger partial charge on any atom is -0.383 e. The molecule has 108 valence electrons. The van der Waals surface area contributed by atoms with Crippen LogP contribution in [0.15, 0.2) is 23.1 Å². The third-order valence-electron chi connectivity index (χ3n) is 2.63. The Morgan fingerprint density at radius 2 is 2.16 bits per heavy atom. The lowest BCUT2D eigenvalue weighted by atomic mass is 10.2. The van der Waals surface area contributed by atoms with Crippen LogP contribution < -0.4 is 5.32 Å². The van der Waals surface area contributed by atoms with Crippen molar-refractivity contribution in [2.45, 2.75) is 11.4 Å². The van der Waals surface area contributed by atoms with Crippen LogP contribution in [0.3, 0.4) is 0 Å². The molecule has 0 fully saturated rings. The lowest BCUT2D eigenvalue weighted by molar-refractivity contribution is 0.199. The number of methoxy groups -OCH3 is 1. The normalized spacial score (nSPS) is 11.2. The van der Waals surface area contributed by atoms with Gasteiger partial charge in [0.15, 0.2) is 0 Å². The van der Waals surface area contributed by atoms with Crippen LogP contribution in [0.25, 0.3) is 0 Å². The molecule has 0 amide bonds. The minimum atomic E-state index is 0.726. The molecule has 0 aliphatic heterocycles. The Labute approximate surface area is 125 Å². The maximum Gasteiger partial charge on any atom is 0.0587 e. The number of rotatable bonds is 9. The highest BCUT2D eigenvalue weighted by molar-refractivity contribution is 7.99. The summed E-state index contributed by atoms with van der Waals surface area (Å²) in [6.45, 7) is 3.45. The first kappa shape index (κ1) is 16.8. The van der Waals surface area contributed by atoms with Gasteiger partial charge in [-0.1, -0.05) is 23.7 Å². The zero-order valence-electron chi connectivity index (χ0n) is 11.9. The number of nitrogens with one attached hydrogen (secondary N) is 1. The molecule has 5 heteroatoms. The SMILES string of the molecule is COCCNCc1cccc(Cl)c1SCCN(C)C. The molecule has 19 heavy (non-hydrogen) atoms. The Bertz CT molecular complexity index is 374. The number of halogens is 1. The van der Waals surface area contributed by atoms with Crippen LogP contribution >= 0.6 is 23.4 Å². The van der Waals surface area contributed by atoms with Crippen molar-refractivity contribution in [3.63, 3.8) is 0 Å². The van der Waals surface area contributed by atoms with Gasteiger partial charge in [-0.25, -0.2) is 0 Å². The molecule has 0 aliphatic rings. The maximum absolute atomic E-state index is 6.30. The maximum atomic E-state index is 6.30. The molecule has 1 N–H and O–H groups in total. The van der Waals surface area contributed by atoms with Crippen LogP contribution in [-0.2, 0) is 11.3 Å². The highest BCUT2D eigenvalue weighted by Crippen LogP contribution is 2.30. The molecule has 1 aromatic rings. The van der Waals surface area contributed by atoms with Crippen molar-refractivity contribution < 1.29 is 4.74 Å². The largest absolute Gasteiger partial charge is 0.383 e. The number of thioether (sulfide) groups is 1. The molecule has 0 atom stereocenters. The summed E-state index contributed by atoms with van der Waals surface area (Å²) < 4.78 is 5.03. The van der Waals surface area contributed by atoms with E-state index in [9.17, 15) is 0 Å².